The molecule has 0 aliphatic carbocycles. The second-order valence-corrected chi connectivity index (χ2v) is 4.82. The molecule has 20 heavy (non-hydrogen) atoms. The lowest BCUT2D eigenvalue weighted by atomic mass is 10.1. The third kappa shape index (κ3) is 3.83. The molecule has 7 nitrogen and oxygen atoms in total. The van der Waals surface area contributed by atoms with Crippen molar-refractivity contribution in [3.05, 3.63) is 28.3 Å². The van der Waals surface area contributed by atoms with Crippen LogP contribution in [-0.4, -0.2) is 18.0 Å². The Morgan fingerprint density at radius 1 is 1.55 bits per heavy atom. The lowest BCUT2D eigenvalue weighted by Gasteiger charge is -2.26. The van der Waals surface area contributed by atoms with E-state index >= 15 is 0 Å². The second-order valence-electron chi connectivity index (χ2n) is 4.82. The van der Waals surface area contributed by atoms with Crippen molar-refractivity contribution in [1.29, 1.82) is 5.26 Å². The Bertz CT molecular complexity index is 510. The number of rotatable bonds is 7. The number of hydrogen-bond donors (Lipinski definition) is 2. The van der Waals surface area contributed by atoms with Crippen LogP contribution in [0.3, 0.4) is 0 Å². The molecule has 0 aliphatic rings. The van der Waals surface area contributed by atoms with Gasteiger partial charge in [0.2, 0.25) is 0 Å². The van der Waals surface area contributed by atoms with Crippen LogP contribution in [0.2, 0.25) is 0 Å². The van der Waals surface area contributed by atoms with Crippen molar-refractivity contribution in [3.8, 4) is 6.07 Å². The first kappa shape index (κ1) is 15.7. The van der Waals surface area contributed by atoms with Crippen LogP contribution in [0.4, 0.5) is 17.1 Å². The van der Waals surface area contributed by atoms with E-state index < -0.39 is 4.92 Å². The number of nitriles is 1. The first-order chi connectivity index (χ1) is 9.51. The van der Waals surface area contributed by atoms with E-state index in [-0.39, 0.29) is 11.4 Å². The Hall–Kier alpha value is -2.33. The fourth-order valence-corrected chi connectivity index (χ4v) is 2.03. The molecule has 1 rings (SSSR count). The van der Waals surface area contributed by atoms with Crippen LogP contribution in [0.1, 0.15) is 20.3 Å². The molecule has 0 aliphatic heterocycles. The number of hydrogen-bond acceptors (Lipinski definition) is 6. The van der Waals surface area contributed by atoms with Gasteiger partial charge in [0.05, 0.1) is 17.4 Å². The summed E-state index contributed by atoms with van der Waals surface area (Å²) >= 11 is 0. The van der Waals surface area contributed by atoms with Crippen LogP contribution in [0.15, 0.2) is 18.2 Å². The topological polar surface area (TPSA) is 108 Å². The summed E-state index contributed by atoms with van der Waals surface area (Å²) in [6.07, 6.45) is 0.310. The average molecular weight is 277 g/mol. The summed E-state index contributed by atoms with van der Waals surface area (Å²) in [5.41, 5.74) is 3.03. The van der Waals surface area contributed by atoms with E-state index in [2.05, 4.69) is 11.5 Å². The third-order valence-corrected chi connectivity index (χ3v) is 2.77. The predicted molar refractivity (Wildman–Crippen MR) is 78.2 cm³/mol. The van der Waals surface area contributed by atoms with Crippen LogP contribution in [0.5, 0.6) is 0 Å². The summed E-state index contributed by atoms with van der Waals surface area (Å²) in [6, 6.07) is 7.01. The molecule has 1 aromatic carbocycles. The largest absolute Gasteiger partial charge is 0.365 e. The molecule has 0 amide bonds. The van der Waals surface area contributed by atoms with Gasteiger partial charge in [-0.15, -0.1) is 0 Å². The minimum atomic E-state index is -0.454. The van der Waals surface area contributed by atoms with Crippen molar-refractivity contribution in [2.75, 3.05) is 23.4 Å². The lowest BCUT2D eigenvalue weighted by molar-refractivity contribution is -0.383. The van der Waals surface area contributed by atoms with Gasteiger partial charge in [0.1, 0.15) is 11.4 Å². The second kappa shape index (κ2) is 7.31. The molecule has 0 radical (unpaired) electrons. The highest BCUT2D eigenvalue weighted by atomic mass is 16.6. The maximum atomic E-state index is 11.3. The van der Waals surface area contributed by atoms with Crippen molar-refractivity contribution < 1.29 is 4.92 Å². The van der Waals surface area contributed by atoms with Gasteiger partial charge in [-0.2, -0.15) is 5.26 Å². The Morgan fingerprint density at radius 3 is 2.75 bits per heavy atom. The van der Waals surface area contributed by atoms with Crippen LogP contribution in [-0.2, 0) is 0 Å². The Morgan fingerprint density at radius 2 is 2.25 bits per heavy atom. The van der Waals surface area contributed by atoms with Gasteiger partial charge in [0.15, 0.2) is 0 Å². The quantitative estimate of drug-likeness (QED) is 0.449. The highest BCUT2D eigenvalue weighted by Crippen LogP contribution is 2.35. The van der Waals surface area contributed by atoms with Gasteiger partial charge in [-0.05, 0) is 18.1 Å². The summed E-state index contributed by atoms with van der Waals surface area (Å²) in [5, 5.41) is 20.0. The van der Waals surface area contributed by atoms with Gasteiger partial charge < -0.3 is 10.3 Å². The monoisotopic (exact) mass is 277 g/mol. The number of nitrogens with two attached hydrogens (primary N) is 1. The first-order valence-corrected chi connectivity index (χ1v) is 6.37. The van der Waals surface area contributed by atoms with Crippen LogP contribution in [0, 0.1) is 27.4 Å². The van der Waals surface area contributed by atoms with Gasteiger partial charge in [-0.3, -0.25) is 16.0 Å². The summed E-state index contributed by atoms with van der Waals surface area (Å²) in [5.74, 6) is 5.66. The number of para-hydroxylation sites is 1. The van der Waals surface area contributed by atoms with Gasteiger partial charge in [0, 0.05) is 13.1 Å². The maximum absolute atomic E-state index is 11.3. The van der Waals surface area contributed by atoms with E-state index in [9.17, 15) is 10.1 Å². The number of nitrogens with zero attached hydrogens (tertiary/aromatic N) is 3. The minimum absolute atomic E-state index is 0.0615. The number of nitro benzene ring substituents is 1. The minimum Gasteiger partial charge on any atom is -0.365 e. The molecule has 0 saturated heterocycles. The van der Waals surface area contributed by atoms with Crippen molar-refractivity contribution in [3.63, 3.8) is 0 Å². The summed E-state index contributed by atoms with van der Waals surface area (Å²) < 4.78 is 0. The lowest BCUT2D eigenvalue weighted by Crippen LogP contribution is -2.29. The zero-order chi connectivity index (χ0) is 15.1. The van der Waals surface area contributed by atoms with Crippen LogP contribution < -0.4 is 16.2 Å². The smallest absolute Gasteiger partial charge is 0.316 e. The molecule has 0 bridgehead atoms. The fourth-order valence-electron chi connectivity index (χ4n) is 2.03. The molecule has 0 saturated carbocycles. The number of nitrogen functional groups attached to an aromatic ring is 1. The molecule has 0 fully saturated rings. The van der Waals surface area contributed by atoms with Crippen molar-refractivity contribution >= 4 is 17.1 Å². The molecule has 108 valence electrons. The van der Waals surface area contributed by atoms with E-state index in [1.54, 1.807) is 18.2 Å². The van der Waals surface area contributed by atoms with Crippen molar-refractivity contribution in [2.45, 2.75) is 20.3 Å². The van der Waals surface area contributed by atoms with Crippen molar-refractivity contribution in [2.24, 2.45) is 11.8 Å². The van der Waals surface area contributed by atoms with E-state index in [0.29, 0.717) is 31.1 Å². The molecule has 0 spiro atoms. The standard InChI is InChI=1S/C13H19N5O2/c1-10(2)9-17(8-4-7-14)12-6-3-5-11(16-15)13(12)18(19)20/h3,5-6,10,16H,4,8-9,15H2,1-2H3. The van der Waals surface area contributed by atoms with Crippen LogP contribution >= 0.6 is 0 Å². The number of nitrogens with one attached hydrogen (secondary N) is 1. The Labute approximate surface area is 118 Å². The number of hydrazine groups is 1. The highest BCUT2D eigenvalue weighted by molar-refractivity contribution is 5.76. The summed E-state index contributed by atoms with van der Waals surface area (Å²) in [6.45, 7) is 5.13. The third-order valence-electron chi connectivity index (χ3n) is 2.77. The molecule has 0 heterocycles. The fraction of sp³-hybridized carbons (Fsp3) is 0.462. The van der Waals surface area contributed by atoms with E-state index in [1.807, 2.05) is 18.7 Å². The molecular weight excluding hydrogens is 258 g/mol. The average Bonchev–Trinajstić information content (AvgIpc) is 2.41. The zero-order valence-electron chi connectivity index (χ0n) is 11.7. The van der Waals surface area contributed by atoms with Gasteiger partial charge in [-0.1, -0.05) is 19.9 Å². The molecule has 0 atom stereocenters. The Kier molecular flexibility index (Phi) is 5.74. The van der Waals surface area contributed by atoms with Gasteiger partial charge in [0.25, 0.3) is 0 Å². The van der Waals surface area contributed by atoms with E-state index in [4.69, 9.17) is 11.1 Å². The number of anilines is 2. The van der Waals surface area contributed by atoms with E-state index in [0.717, 1.165) is 0 Å². The van der Waals surface area contributed by atoms with Gasteiger partial charge in [-0.25, -0.2) is 0 Å². The number of benzene rings is 1. The molecule has 3 N–H and O–H groups in total. The normalized spacial score (nSPS) is 10.2. The summed E-state index contributed by atoms with van der Waals surface area (Å²) in [7, 11) is 0. The highest BCUT2D eigenvalue weighted by Gasteiger charge is 2.23. The van der Waals surface area contributed by atoms with Crippen molar-refractivity contribution in [1.82, 2.24) is 0 Å². The Balaban J connectivity index is 3.24. The predicted octanol–water partition coefficient (Wildman–Crippen LogP) is 2.26. The number of nitro groups is 1. The SMILES string of the molecule is CC(C)CN(CCC#N)c1cccc(NN)c1[N+](=O)[O-]. The van der Waals surface area contributed by atoms with Gasteiger partial charge >= 0.3 is 5.69 Å². The molecule has 7 heteroatoms. The molecular formula is C13H19N5O2. The molecule has 0 unspecified atom stereocenters. The zero-order valence-corrected chi connectivity index (χ0v) is 11.7. The molecule has 1 aromatic rings. The first-order valence-electron chi connectivity index (χ1n) is 6.37. The van der Waals surface area contributed by atoms with E-state index in [1.165, 1.54) is 0 Å². The molecule has 0 aromatic heterocycles. The summed E-state index contributed by atoms with van der Waals surface area (Å²) in [4.78, 5) is 12.7. The maximum Gasteiger partial charge on any atom is 0.316 e. The van der Waals surface area contributed by atoms with Crippen LogP contribution in [0.25, 0.3) is 0 Å².